The summed E-state index contributed by atoms with van der Waals surface area (Å²) >= 11 is 0. The summed E-state index contributed by atoms with van der Waals surface area (Å²) in [5.74, 6) is -0.236. The molecular formula is C34H35N5O3. The maximum atomic E-state index is 13.9. The number of hydrogen-bond donors (Lipinski definition) is 2. The number of carbonyl (C=O) groups is 3. The molecule has 2 bridgehead atoms. The Hall–Kier alpha value is -4.46. The van der Waals surface area contributed by atoms with E-state index in [4.69, 9.17) is 5.73 Å². The second-order valence-corrected chi connectivity index (χ2v) is 12.1. The first-order chi connectivity index (χ1) is 20.4. The normalized spacial score (nSPS) is 21.0. The van der Waals surface area contributed by atoms with Gasteiger partial charge in [0.1, 0.15) is 18.4 Å². The molecule has 0 unspecified atom stereocenters. The zero-order chi connectivity index (χ0) is 29.0. The minimum absolute atomic E-state index is 0.0255. The van der Waals surface area contributed by atoms with Crippen molar-refractivity contribution in [2.75, 3.05) is 5.32 Å². The first-order valence-corrected chi connectivity index (χ1v) is 15.0. The van der Waals surface area contributed by atoms with Crippen LogP contribution in [0.1, 0.15) is 59.3 Å². The van der Waals surface area contributed by atoms with Crippen molar-refractivity contribution in [2.24, 2.45) is 11.7 Å². The highest BCUT2D eigenvalue weighted by atomic mass is 16.2. The number of amides is 3. The second-order valence-electron chi connectivity index (χ2n) is 12.1. The van der Waals surface area contributed by atoms with Gasteiger partial charge in [-0.05, 0) is 104 Å². The van der Waals surface area contributed by atoms with E-state index in [9.17, 15) is 14.4 Å². The number of nitrogens with two attached hydrogens (primary N) is 1. The summed E-state index contributed by atoms with van der Waals surface area (Å²) in [7, 11) is 0. The van der Waals surface area contributed by atoms with Crippen LogP contribution in [0.15, 0.2) is 60.8 Å². The lowest BCUT2D eigenvalue weighted by Gasteiger charge is -2.34. The van der Waals surface area contributed by atoms with E-state index in [0.29, 0.717) is 11.4 Å². The third kappa shape index (κ3) is 4.65. The zero-order valence-corrected chi connectivity index (χ0v) is 23.8. The van der Waals surface area contributed by atoms with Crippen LogP contribution in [0.5, 0.6) is 0 Å². The third-order valence-corrected chi connectivity index (χ3v) is 9.42. The van der Waals surface area contributed by atoms with Gasteiger partial charge in [0.15, 0.2) is 0 Å². The molecule has 2 aromatic heterocycles. The van der Waals surface area contributed by atoms with Crippen molar-refractivity contribution in [3.8, 4) is 11.1 Å². The molecule has 1 aliphatic heterocycles. The molecule has 0 spiro atoms. The Morgan fingerprint density at radius 3 is 2.57 bits per heavy atom. The van der Waals surface area contributed by atoms with Gasteiger partial charge in [0.25, 0.3) is 5.91 Å². The molecule has 3 aliphatic rings. The Morgan fingerprint density at radius 2 is 1.76 bits per heavy atom. The molecule has 7 rings (SSSR count). The molecule has 42 heavy (non-hydrogen) atoms. The molecule has 1 saturated heterocycles. The molecule has 3 amide bonds. The van der Waals surface area contributed by atoms with Crippen molar-refractivity contribution >= 4 is 34.4 Å². The summed E-state index contributed by atoms with van der Waals surface area (Å²) in [6.45, 7) is 1.90. The highest BCUT2D eigenvalue weighted by molar-refractivity contribution is 6.07. The number of nitrogens with zero attached hydrogens (tertiary/aromatic N) is 3. The summed E-state index contributed by atoms with van der Waals surface area (Å²) in [5, 5.41) is 3.67. The van der Waals surface area contributed by atoms with Crippen LogP contribution in [-0.2, 0) is 29.0 Å². The summed E-state index contributed by atoms with van der Waals surface area (Å²) < 4.78 is 1.80. The van der Waals surface area contributed by atoms with Gasteiger partial charge in [-0.3, -0.25) is 14.4 Å². The lowest BCUT2D eigenvalue weighted by atomic mass is 9.89. The van der Waals surface area contributed by atoms with E-state index >= 15 is 0 Å². The number of aromatic nitrogens is 2. The zero-order valence-electron chi connectivity index (χ0n) is 23.8. The molecule has 8 nitrogen and oxygen atoms in total. The first-order valence-electron chi connectivity index (χ1n) is 15.0. The first kappa shape index (κ1) is 26.4. The van der Waals surface area contributed by atoms with E-state index in [1.165, 1.54) is 24.0 Å². The molecular weight excluding hydrogens is 526 g/mol. The molecule has 2 aromatic carbocycles. The molecule has 0 radical (unpaired) electrons. The number of aryl methyl sites for hydroxylation is 3. The number of fused-ring (bicyclic) bond motifs is 4. The fourth-order valence-corrected chi connectivity index (χ4v) is 7.44. The van der Waals surface area contributed by atoms with Crippen LogP contribution in [0.25, 0.3) is 22.0 Å². The summed E-state index contributed by atoms with van der Waals surface area (Å²) in [6.07, 6.45) is 9.00. The van der Waals surface area contributed by atoms with Crippen molar-refractivity contribution in [1.82, 2.24) is 14.5 Å². The summed E-state index contributed by atoms with van der Waals surface area (Å²) in [4.78, 5) is 46.0. The van der Waals surface area contributed by atoms with Gasteiger partial charge in [-0.25, -0.2) is 4.98 Å². The van der Waals surface area contributed by atoms with E-state index in [0.717, 1.165) is 59.8 Å². The predicted molar refractivity (Wildman–Crippen MR) is 162 cm³/mol. The van der Waals surface area contributed by atoms with E-state index < -0.39 is 11.9 Å². The molecule has 2 aliphatic carbocycles. The minimum Gasteiger partial charge on any atom is -0.366 e. The van der Waals surface area contributed by atoms with E-state index in [-0.39, 0.29) is 30.3 Å². The van der Waals surface area contributed by atoms with Crippen LogP contribution in [-0.4, -0.2) is 44.3 Å². The monoisotopic (exact) mass is 561 g/mol. The number of nitrogens with one attached hydrogen (secondary N) is 1. The van der Waals surface area contributed by atoms with Gasteiger partial charge in [0, 0.05) is 28.8 Å². The third-order valence-electron chi connectivity index (χ3n) is 9.42. The van der Waals surface area contributed by atoms with Gasteiger partial charge < -0.3 is 20.5 Å². The van der Waals surface area contributed by atoms with Gasteiger partial charge >= 0.3 is 0 Å². The average molecular weight is 562 g/mol. The second kappa shape index (κ2) is 10.4. The molecule has 214 valence electrons. The number of anilines is 1. The van der Waals surface area contributed by atoms with Gasteiger partial charge in [-0.1, -0.05) is 30.3 Å². The molecule has 8 heteroatoms. The Morgan fingerprint density at radius 1 is 0.976 bits per heavy atom. The molecule has 3 atom stereocenters. The topological polar surface area (TPSA) is 110 Å². The minimum atomic E-state index is -0.536. The van der Waals surface area contributed by atoms with Crippen molar-refractivity contribution in [3.05, 3.63) is 83.2 Å². The smallest absolute Gasteiger partial charge is 0.250 e. The van der Waals surface area contributed by atoms with Crippen LogP contribution in [0.4, 0.5) is 5.82 Å². The number of hydrogen-bond acceptors (Lipinski definition) is 4. The Balaban J connectivity index is 1.17. The van der Waals surface area contributed by atoms with Crippen LogP contribution in [0.3, 0.4) is 0 Å². The SMILES string of the molecule is Cc1cccc(NC(=O)[C@@H]2[C@H]3CC[C@H](C3)N2C(=O)Cn2cc(C(N)=O)c3cc(-c4ccc5c(c4)CCCC5)ccc32)n1. The summed E-state index contributed by atoms with van der Waals surface area (Å²) in [5.41, 5.74) is 12.7. The van der Waals surface area contributed by atoms with E-state index in [2.05, 4.69) is 28.5 Å². The van der Waals surface area contributed by atoms with Crippen molar-refractivity contribution in [2.45, 2.75) is 70.5 Å². The summed E-state index contributed by atoms with van der Waals surface area (Å²) in [6, 6.07) is 17.6. The van der Waals surface area contributed by atoms with E-state index in [1.54, 1.807) is 21.7 Å². The maximum absolute atomic E-state index is 13.9. The molecule has 1 saturated carbocycles. The van der Waals surface area contributed by atoms with Crippen molar-refractivity contribution in [1.29, 1.82) is 0 Å². The number of rotatable bonds is 6. The van der Waals surface area contributed by atoms with Crippen LogP contribution in [0.2, 0.25) is 0 Å². The Kier molecular flexibility index (Phi) is 6.56. The molecule has 3 heterocycles. The number of piperidine rings is 1. The number of primary amides is 1. The Bertz CT molecular complexity index is 1740. The lowest BCUT2D eigenvalue weighted by Crippen LogP contribution is -2.51. The Labute approximate surface area is 244 Å². The largest absolute Gasteiger partial charge is 0.366 e. The molecule has 2 fully saturated rings. The number of likely N-dealkylation sites (tertiary alicyclic amines) is 1. The van der Waals surface area contributed by atoms with Gasteiger partial charge in [0.2, 0.25) is 11.8 Å². The van der Waals surface area contributed by atoms with Crippen LogP contribution >= 0.6 is 0 Å². The maximum Gasteiger partial charge on any atom is 0.250 e. The van der Waals surface area contributed by atoms with Gasteiger partial charge in [-0.15, -0.1) is 0 Å². The van der Waals surface area contributed by atoms with Crippen molar-refractivity contribution in [3.63, 3.8) is 0 Å². The fourth-order valence-electron chi connectivity index (χ4n) is 7.44. The predicted octanol–water partition coefficient (Wildman–Crippen LogP) is 5.01. The van der Waals surface area contributed by atoms with Crippen LogP contribution in [0, 0.1) is 12.8 Å². The van der Waals surface area contributed by atoms with Gasteiger partial charge in [0.05, 0.1) is 5.56 Å². The quantitative estimate of drug-likeness (QED) is 0.345. The van der Waals surface area contributed by atoms with E-state index in [1.807, 2.05) is 37.3 Å². The average Bonchev–Trinajstić information content (AvgIpc) is 3.70. The molecule has 4 aromatic rings. The standard InChI is InChI=1S/C34H35N5O3/c1-20-5-4-8-30(36-20)37-34(42)32-25-11-13-26(16-25)39(32)31(40)19-38-18-28(33(35)41)27-17-24(12-14-29(27)38)23-10-9-21-6-2-3-7-22(21)15-23/h4-5,8-10,12,14-15,17-18,25-26,32H,2-3,6-7,11,13,16,19H2,1H3,(H2,35,41)(H,36,37,42)/t25-,26+,32-/m0/s1. The fraction of sp³-hybridized carbons (Fsp3) is 0.353. The van der Waals surface area contributed by atoms with Crippen LogP contribution < -0.4 is 11.1 Å². The number of benzene rings is 2. The van der Waals surface area contributed by atoms with Crippen molar-refractivity contribution < 1.29 is 14.4 Å². The highest BCUT2D eigenvalue weighted by Gasteiger charge is 2.51. The number of pyridine rings is 1. The lowest BCUT2D eigenvalue weighted by molar-refractivity contribution is -0.141. The highest BCUT2D eigenvalue weighted by Crippen LogP contribution is 2.43. The number of carbonyl (C=O) groups excluding carboxylic acids is 3. The van der Waals surface area contributed by atoms with Gasteiger partial charge in [-0.2, -0.15) is 0 Å². The molecule has 3 N–H and O–H groups in total.